The molecular formula is C19H16ClN3O2. The highest BCUT2D eigenvalue weighted by atomic mass is 35.5. The van der Waals surface area contributed by atoms with Crippen LogP contribution in [0.25, 0.3) is 10.9 Å². The summed E-state index contributed by atoms with van der Waals surface area (Å²) in [5.41, 5.74) is 2.88. The molecule has 2 aromatic carbocycles. The third-order valence-electron chi connectivity index (χ3n) is 3.90. The summed E-state index contributed by atoms with van der Waals surface area (Å²) in [6.45, 7) is 0.480. The summed E-state index contributed by atoms with van der Waals surface area (Å²) in [4.78, 5) is 4.30. The molecule has 1 heterocycles. The van der Waals surface area contributed by atoms with Crippen LogP contribution in [0.5, 0.6) is 11.5 Å². The molecule has 25 heavy (non-hydrogen) atoms. The van der Waals surface area contributed by atoms with Crippen molar-refractivity contribution in [3.05, 3.63) is 58.7 Å². The first kappa shape index (κ1) is 16.9. The predicted molar refractivity (Wildman–Crippen MR) is 98.3 cm³/mol. The quantitative estimate of drug-likeness (QED) is 0.736. The molecule has 0 aliphatic rings. The summed E-state index contributed by atoms with van der Waals surface area (Å²) in [5, 5.41) is 14.1. The second-order valence-corrected chi connectivity index (χ2v) is 5.79. The molecule has 0 spiro atoms. The Morgan fingerprint density at radius 2 is 2.00 bits per heavy atom. The monoisotopic (exact) mass is 353 g/mol. The fourth-order valence-corrected chi connectivity index (χ4v) is 2.79. The number of halogens is 1. The molecule has 0 fully saturated rings. The Morgan fingerprint density at radius 3 is 2.72 bits per heavy atom. The zero-order valence-electron chi connectivity index (χ0n) is 13.8. The van der Waals surface area contributed by atoms with E-state index in [0.717, 1.165) is 22.2 Å². The van der Waals surface area contributed by atoms with E-state index in [2.05, 4.69) is 16.4 Å². The summed E-state index contributed by atoms with van der Waals surface area (Å²) in [7, 11) is 3.22. The molecule has 3 aromatic rings. The second kappa shape index (κ2) is 7.29. The van der Waals surface area contributed by atoms with E-state index in [1.165, 1.54) is 0 Å². The van der Waals surface area contributed by atoms with Crippen LogP contribution < -0.4 is 14.8 Å². The average molecular weight is 354 g/mol. The lowest BCUT2D eigenvalue weighted by Crippen LogP contribution is -2.04. The molecule has 0 radical (unpaired) electrons. The van der Waals surface area contributed by atoms with Crippen LogP contribution in [0.1, 0.15) is 11.1 Å². The SMILES string of the molecule is COc1ccc(CNc2c(C#N)cnc3ccc(Cl)cc23)c(OC)c1. The number of methoxy groups -OCH3 is 2. The standard InChI is InChI=1S/C19H16ClN3O2/c1-24-15-5-3-12(18(8-15)25-2)10-23-19-13(9-21)11-22-17-6-4-14(20)7-16(17)19/h3-8,11H,10H2,1-2H3,(H,22,23). The number of fused-ring (bicyclic) bond motifs is 1. The number of nitrogens with zero attached hydrogens (tertiary/aromatic N) is 2. The zero-order valence-corrected chi connectivity index (χ0v) is 14.6. The largest absolute Gasteiger partial charge is 0.497 e. The molecule has 0 saturated heterocycles. The van der Waals surface area contributed by atoms with Crippen LogP contribution in [0.2, 0.25) is 5.02 Å². The number of nitriles is 1. The topological polar surface area (TPSA) is 67.2 Å². The van der Waals surface area contributed by atoms with Gasteiger partial charge in [0, 0.05) is 34.8 Å². The number of ether oxygens (including phenoxy) is 2. The van der Waals surface area contributed by atoms with Crippen molar-refractivity contribution in [3.8, 4) is 17.6 Å². The van der Waals surface area contributed by atoms with Gasteiger partial charge in [-0.25, -0.2) is 0 Å². The van der Waals surface area contributed by atoms with E-state index >= 15 is 0 Å². The highest BCUT2D eigenvalue weighted by Gasteiger charge is 2.11. The summed E-state index contributed by atoms with van der Waals surface area (Å²) in [6.07, 6.45) is 1.56. The number of benzene rings is 2. The van der Waals surface area contributed by atoms with E-state index in [1.807, 2.05) is 24.3 Å². The van der Waals surface area contributed by atoms with Crippen molar-refractivity contribution in [2.24, 2.45) is 0 Å². The van der Waals surface area contributed by atoms with Gasteiger partial charge in [-0.15, -0.1) is 0 Å². The summed E-state index contributed by atoms with van der Waals surface area (Å²) >= 11 is 6.11. The van der Waals surface area contributed by atoms with Gasteiger partial charge in [-0.1, -0.05) is 11.6 Å². The van der Waals surface area contributed by atoms with Gasteiger partial charge in [0.05, 0.1) is 31.0 Å². The van der Waals surface area contributed by atoms with Gasteiger partial charge >= 0.3 is 0 Å². The van der Waals surface area contributed by atoms with E-state index in [1.54, 1.807) is 32.5 Å². The van der Waals surface area contributed by atoms with Gasteiger partial charge in [-0.2, -0.15) is 5.26 Å². The summed E-state index contributed by atoms with van der Waals surface area (Å²) in [5.74, 6) is 1.43. The van der Waals surface area contributed by atoms with E-state index in [4.69, 9.17) is 21.1 Å². The molecule has 126 valence electrons. The number of anilines is 1. The van der Waals surface area contributed by atoms with Gasteiger partial charge in [0.15, 0.2) is 0 Å². The van der Waals surface area contributed by atoms with Gasteiger partial charge in [-0.3, -0.25) is 4.98 Å². The van der Waals surface area contributed by atoms with Crippen molar-refractivity contribution >= 4 is 28.2 Å². The molecule has 0 aliphatic carbocycles. The van der Waals surface area contributed by atoms with Crippen molar-refractivity contribution < 1.29 is 9.47 Å². The summed E-state index contributed by atoms with van der Waals surface area (Å²) in [6, 6.07) is 13.2. The Kier molecular flexibility index (Phi) is 4.92. The van der Waals surface area contributed by atoms with Crippen LogP contribution in [-0.2, 0) is 6.54 Å². The fourth-order valence-electron chi connectivity index (χ4n) is 2.62. The molecule has 3 rings (SSSR count). The average Bonchev–Trinajstić information content (AvgIpc) is 2.65. The zero-order chi connectivity index (χ0) is 17.8. The number of hydrogen-bond donors (Lipinski definition) is 1. The number of nitrogens with one attached hydrogen (secondary N) is 1. The molecule has 1 aromatic heterocycles. The maximum absolute atomic E-state index is 9.41. The lowest BCUT2D eigenvalue weighted by atomic mass is 10.1. The van der Waals surface area contributed by atoms with Crippen LogP contribution in [-0.4, -0.2) is 19.2 Å². The lowest BCUT2D eigenvalue weighted by molar-refractivity contribution is 0.391. The lowest BCUT2D eigenvalue weighted by Gasteiger charge is -2.14. The molecule has 0 saturated carbocycles. The normalized spacial score (nSPS) is 10.3. The second-order valence-electron chi connectivity index (χ2n) is 5.35. The number of aromatic nitrogens is 1. The number of hydrogen-bond acceptors (Lipinski definition) is 5. The molecule has 1 N–H and O–H groups in total. The van der Waals surface area contributed by atoms with Crippen LogP contribution in [0.3, 0.4) is 0 Å². The Bertz CT molecular complexity index is 967. The molecule has 0 unspecified atom stereocenters. The van der Waals surface area contributed by atoms with Crippen molar-refractivity contribution in [2.75, 3.05) is 19.5 Å². The Morgan fingerprint density at radius 1 is 1.16 bits per heavy atom. The van der Waals surface area contributed by atoms with Crippen LogP contribution in [0.15, 0.2) is 42.6 Å². The van der Waals surface area contributed by atoms with Gasteiger partial charge in [0.2, 0.25) is 0 Å². The maximum atomic E-state index is 9.41. The first-order valence-electron chi connectivity index (χ1n) is 7.59. The molecular weight excluding hydrogens is 338 g/mol. The summed E-state index contributed by atoms with van der Waals surface area (Å²) < 4.78 is 10.6. The van der Waals surface area contributed by atoms with Crippen LogP contribution in [0, 0.1) is 11.3 Å². The predicted octanol–water partition coefficient (Wildman–Crippen LogP) is 4.39. The molecule has 5 nitrogen and oxygen atoms in total. The number of pyridine rings is 1. The van der Waals surface area contributed by atoms with Gasteiger partial charge in [0.25, 0.3) is 0 Å². The third-order valence-corrected chi connectivity index (χ3v) is 4.14. The minimum absolute atomic E-state index is 0.460. The third kappa shape index (κ3) is 3.44. The first-order chi connectivity index (χ1) is 12.2. The molecule has 0 amide bonds. The minimum Gasteiger partial charge on any atom is -0.497 e. The van der Waals surface area contributed by atoms with Gasteiger partial charge in [-0.05, 0) is 30.3 Å². The van der Waals surface area contributed by atoms with Crippen LogP contribution in [0.4, 0.5) is 5.69 Å². The van der Waals surface area contributed by atoms with E-state index < -0.39 is 0 Å². The molecule has 0 aliphatic heterocycles. The van der Waals surface area contributed by atoms with E-state index in [9.17, 15) is 5.26 Å². The number of rotatable bonds is 5. The Hall–Kier alpha value is -2.97. The molecule has 6 heteroatoms. The first-order valence-corrected chi connectivity index (χ1v) is 7.97. The van der Waals surface area contributed by atoms with E-state index in [0.29, 0.717) is 28.6 Å². The van der Waals surface area contributed by atoms with Crippen molar-refractivity contribution in [1.82, 2.24) is 4.98 Å². The highest BCUT2D eigenvalue weighted by molar-refractivity contribution is 6.31. The van der Waals surface area contributed by atoms with Crippen molar-refractivity contribution in [2.45, 2.75) is 6.54 Å². The Balaban J connectivity index is 1.98. The van der Waals surface area contributed by atoms with E-state index in [-0.39, 0.29) is 0 Å². The molecule has 0 atom stereocenters. The van der Waals surface area contributed by atoms with Gasteiger partial charge < -0.3 is 14.8 Å². The highest BCUT2D eigenvalue weighted by Crippen LogP contribution is 2.30. The Labute approximate surface area is 150 Å². The minimum atomic E-state index is 0.460. The van der Waals surface area contributed by atoms with Crippen molar-refractivity contribution in [1.29, 1.82) is 5.26 Å². The van der Waals surface area contributed by atoms with Crippen LogP contribution >= 0.6 is 11.6 Å². The molecule has 0 bridgehead atoms. The maximum Gasteiger partial charge on any atom is 0.127 e. The van der Waals surface area contributed by atoms with Crippen molar-refractivity contribution in [3.63, 3.8) is 0 Å². The van der Waals surface area contributed by atoms with Gasteiger partial charge in [0.1, 0.15) is 17.6 Å². The smallest absolute Gasteiger partial charge is 0.127 e. The fraction of sp³-hybridized carbons (Fsp3) is 0.158.